The Morgan fingerprint density at radius 1 is 1.32 bits per heavy atom. The monoisotopic (exact) mass is 451 g/mol. The van der Waals surface area contributed by atoms with Crippen LogP contribution < -0.4 is 10.9 Å². The molecule has 1 saturated heterocycles. The van der Waals surface area contributed by atoms with Crippen LogP contribution in [0.15, 0.2) is 30.7 Å². The lowest BCUT2D eigenvalue weighted by atomic mass is 9.97. The van der Waals surface area contributed by atoms with Gasteiger partial charge >= 0.3 is 16.4 Å². The van der Waals surface area contributed by atoms with Crippen LogP contribution in [0, 0.1) is 0 Å². The second-order valence-electron chi connectivity index (χ2n) is 6.87. The summed E-state index contributed by atoms with van der Waals surface area (Å²) >= 11 is 0. The third-order valence-electron chi connectivity index (χ3n) is 4.87. The Labute approximate surface area is 175 Å². The number of pyridine rings is 1. The zero-order valence-electron chi connectivity index (χ0n) is 16.0. The summed E-state index contributed by atoms with van der Waals surface area (Å²) < 4.78 is 37.1. The molecule has 0 spiro atoms. The zero-order valence-corrected chi connectivity index (χ0v) is 16.8. The van der Waals surface area contributed by atoms with E-state index in [0.29, 0.717) is 21.9 Å². The molecule has 31 heavy (non-hydrogen) atoms. The van der Waals surface area contributed by atoms with Crippen molar-refractivity contribution in [3.05, 3.63) is 47.5 Å². The minimum atomic E-state index is -4.98. The van der Waals surface area contributed by atoms with E-state index in [9.17, 15) is 22.8 Å². The van der Waals surface area contributed by atoms with Gasteiger partial charge in [-0.15, -0.1) is 4.28 Å². The van der Waals surface area contributed by atoms with E-state index in [-0.39, 0.29) is 13.0 Å². The number of fused-ring (bicyclic) bond motifs is 4. The second-order valence-corrected chi connectivity index (χ2v) is 7.87. The summed E-state index contributed by atoms with van der Waals surface area (Å²) in [5.41, 5.74) is 5.87. The molecule has 4 heterocycles. The van der Waals surface area contributed by atoms with Gasteiger partial charge in [0.2, 0.25) is 5.91 Å². The van der Waals surface area contributed by atoms with Crippen molar-refractivity contribution in [1.29, 1.82) is 0 Å². The molecule has 15 heteroatoms. The quantitative estimate of drug-likeness (QED) is 0.371. The molecule has 14 nitrogen and oxygen atoms in total. The lowest BCUT2D eigenvalue weighted by molar-refractivity contribution is -0.131. The molecule has 4 amide bonds. The molecule has 2 aromatic heterocycles. The summed E-state index contributed by atoms with van der Waals surface area (Å²) in [6, 6.07) is 0.302. The molecule has 0 saturated carbocycles. The number of amides is 4. The average molecular weight is 451 g/mol. The van der Waals surface area contributed by atoms with Gasteiger partial charge in [-0.1, -0.05) is 6.07 Å². The fraction of sp³-hybridized carbons (Fsp3) is 0.312. The van der Waals surface area contributed by atoms with E-state index >= 15 is 0 Å². The summed E-state index contributed by atoms with van der Waals surface area (Å²) in [7, 11) is -3.43. The van der Waals surface area contributed by atoms with Gasteiger partial charge in [0.05, 0.1) is 24.9 Å². The molecular weight excluding hydrogens is 434 g/mol. The van der Waals surface area contributed by atoms with Gasteiger partial charge in [0.25, 0.3) is 5.91 Å². The first-order valence-corrected chi connectivity index (χ1v) is 10.3. The Bertz CT molecular complexity index is 1150. The molecule has 0 unspecified atom stereocenters. The highest BCUT2D eigenvalue weighted by Crippen LogP contribution is 2.43. The first kappa shape index (κ1) is 20.7. The molecule has 2 aliphatic rings. The fourth-order valence-corrected chi connectivity index (χ4v) is 4.00. The van der Waals surface area contributed by atoms with Crippen LogP contribution in [0.25, 0.3) is 0 Å². The maximum Gasteiger partial charge on any atom is 0.418 e. The van der Waals surface area contributed by atoms with Gasteiger partial charge < -0.3 is 4.90 Å². The summed E-state index contributed by atoms with van der Waals surface area (Å²) in [4.78, 5) is 42.7. The molecule has 3 N–H and O–H groups in total. The minimum absolute atomic E-state index is 0.0313. The Morgan fingerprint density at radius 2 is 2.10 bits per heavy atom. The largest absolute Gasteiger partial charge is 0.418 e. The third-order valence-corrected chi connectivity index (χ3v) is 5.22. The van der Waals surface area contributed by atoms with Crippen molar-refractivity contribution in [2.45, 2.75) is 18.5 Å². The van der Waals surface area contributed by atoms with Crippen LogP contribution in [0.1, 0.15) is 28.9 Å². The van der Waals surface area contributed by atoms with E-state index in [0.717, 1.165) is 4.90 Å². The van der Waals surface area contributed by atoms with E-state index in [1.165, 1.54) is 17.1 Å². The minimum Gasteiger partial charge on any atom is -0.302 e. The predicted octanol–water partition coefficient (Wildman–Crippen LogP) is -1.23. The number of hydrogen-bond donors (Lipinski definition) is 3. The smallest absolute Gasteiger partial charge is 0.302 e. The van der Waals surface area contributed by atoms with E-state index in [1.54, 1.807) is 25.4 Å². The zero-order chi connectivity index (χ0) is 22.3. The van der Waals surface area contributed by atoms with Crippen LogP contribution in [0.5, 0.6) is 0 Å². The Kier molecular flexibility index (Phi) is 5.08. The third kappa shape index (κ3) is 3.92. The summed E-state index contributed by atoms with van der Waals surface area (Å²) in [6.07, 6.45) is 4.42. The van der Waals surface area contributed by atoms with Crippen LogP contribution in [-0.2, 0) is 37.7 Å². The first-order chi connectivity index (χ1) is 14.7. The van der Waals surface area contributed by atoms with E-state index in [2.05, 4.69) is 25.2 Å². The highest BCUT2D eigenvalue weighted by molar-refractivity contribution is 7.80. The van der Waals surface area contributed by atoms with Gasteiger partial charge in [0.15, 0.2) is 6.04 Å². The normalized spacial score (nSPS) is 19.9. The molecule has 2 aromatic rings. The van der Waals surface area contributed by atoms with Gasteiger partial charge in [0, 0.05) is 25.0 Å². The van der Waals surface area contributed by atoms with Crippen LogP contribution >= 0.6 is 0 Å². The number of hydroxylamine groups is 2. The Balaban J connectivity index is 1.53. The molecule has 0 aromatic carbocycles. The van der Waals surface area contributed by atoms with Crippen molar-refractivity contribution in [2.24, 2.45) is 7.05 Å². The van der Waals surface area contributed by atoms with Gasteiger partial charge in [-0.05, 0) is 11.6 Å². The van der Waals surface area contributed by atoms with Crippen LogP contribution in [0.2, 0.25) is 0 Å². The van der Waals surface area contributed by atoms with E-state index in [4.69, 9.17) is 4.55 Å². The summed E-state index contributed by atoms with van der Waals surface area (Å²) in [5.74, 6) is -1.26. The number of rotatable bonds is 5. The standard InChI is InChI=1S/C16H17N7O7S/c1-21-13-10(7-18-21)11-8-22(16(26)23(11)30-31(27,28)29)14(13)15(25)20-19-12(24)5-9-3-2-4-17-6-9/h2-4,6-7,11,14H,5,8H2,1H3,(H,19,24)(H,20,25)(H,27,28,29)/t11-,14-/m0/s1. The molecule has 2 aliphatic heterocycles. The van der Waals surface area contributed by atoms with E-state index < -0.39 is 40.3 Å². The highest BCUT2D eigenvalue weighted by atomic mass is 32.3. The van der Waals surface area contributed by atoms with Crippen molar-refractivity contribution in [3.8, 4) is 0 Å². The molecule has 4 rings (SSSR count). The van der Waals surface area contributed by atoms with Crippen LogP contribution in [-0.4, -0.2) is 62.1 Å². The van der Waals surface area contributed by atoms with Gasteiger partial charge in [0.1, 0.15) is 6.04 Å². The van der Waals surface area contributed by atoms with Gasteiger partial charge in [-0.25, -0.2) is 4.79 Å². The van der Waals surface area contributed by atoms with E-state index in [1.807, 2.05) is 0 Å². The number of urea groups is 1. The number of hydrazine groups is 1. The van der Waals surface area contributed by atoms with Crippen LogP contribution in [0.3, 0.4) is 0 Å². The van der Waals surface area contributed by atoms with Crippen molar-refractivity contribution in [3.63, 3.8) is 0 Å². The Hall–Kier alpha value is -3.56. The molecule has 164 valence electrons. The number of nitrogens with zero attached hydrogens (tertiary/aromatic N) is 5. The SMILES string of the molecule is Cn1ncc2c1[C@@H](C(=O)NNC(=O)Cc1cccnc1)N1C[C@@H]2N(OS(=O)(=O)O)C1=O. The molecule has 0 radical (unpaired) electrons. The summed E-state index contributed by atoms with van der Waals surface area (Å²) in [6.45, 7) is -0.0885. The van der Waals surface area contributed by atoms with Gasteiger partial charge in [-0.3, -0.25) is 34.7 Å². The highest BCUT2D eigenvalue weighted by Gasteiger charge is 2.53. The number of carbonyl (C=O) groups is 3. The molecule has 1 fully saturated rings. The van der Waals surface area contributed by atoms with Crippen LogP contribution in [0.4, 0.5) is 4.79 Å². The molecule has 2 atom stereocenters. The second kappa shape index (κ2) is 7.60. The van der Waals surface area contributed by atoms with Crippen molar-refractivity contribution < 1.29 is 31.6 Å². The average Bonchev–Trinajstić information content (AvgIpc) is 3.21. The first-order valence-electron chi connectivity index (χ1n) is 8.92. The van der Waals surface area contributed by atoms with Crippen molar-refractivity contribution in [1.82, 2.24) is 35.6 Å². The molecule has 0 aliphatic carbocycles. The maximum atomic E-state index is 12.9. The fourth-order valence-electron chi connectivity index (χ4n) is 3.63. The molecular formula is C16H17N7O7S. The number of carbonyl (C=O) groups excluding carboxylic acids is 3. The summed E-state index contributed by atoms with van der Waals surface area (Å²) in [5, 5.41) is 4.54. The lowest BCUT2D eigenvalue weighted by Crippen LogP contribution is -2.50. The topological polar surface area (TPSA) is 176 Å². The number of aryl methyl sites for hydroxylation is 1. The van der Waals surface area contributed by atoms with Crippen molar-refractivity contribution >= 4 is 28.2 Å². The lowest BCUT2D eigenvalue weighted by Gasteiger charge is -2.30. The number of nitrogens with one attached hydrogen (secondary N) is 2. The van der Waals surface area contributed by atoms with Crippen molar-refractivity contribution in [2.75, 3.05) is 6.54 Å². The number of aromatic nitrogens is 3. The maximum absolute atomic E-state index is 12.9. The predicted molar refractivity (Wildman–Crippen MR) is 99.5 cm³/mol. The molecule has 2 bridgehead atoms. The number of hydrogen-bond acceptors (Lipinski definition) is 8. The van der Waals surface area contributed by atoms with Gasteiger partial charge in [-0.2, -0.15) is 18.6 Å². The Morgan fingerprint density at radius 3 is 2.77 bits per heavy atom.